The van der Waals surface area contributed by atoms with Gasteiger partial charge >= 0.3 is 0 Å². The van der Waals surface area contributed by atoms with Crippen LogP contribution in [0.15, 0.2) is 76.9 Å². The van der Waals surface area contributed by atoms with Crippen molar-refractivity contribution >= 4 is 11.8 Å². The smallest absolute Gasteiger partial charge is 0.257 e. The van der Waals surface area contributed by atoms with Crippen molar-refractivity contribution in [2.45, 2.75) is 17.5 Å². The molecule has 0 radical (unpaired) electrons. The second kappa shape index (κ2) is 8.18. The highest BCUT2D eigenvalue weighted by Crippen LogP contribution is 2.26. The Kier molecular flexibility index (Phi) is 5.29. The lowest BCUT2D eigenvalue weighted by Crippen LogP contribution is -2.00. The number of thioether (sulfide) groups is 1. The predicted molar refractivity (Wildman–Crippen MR) is 105 cm³/mol. The first-order chi connectivity index (χ1) is 13.7. The van der Waals surface area contributed by atoms with Crippen LogP contribution in [0.2, 0.25) is 0 Å². The molecule has 0 atom stereocenters. The van der Waals surface area contributed by atoms with Gasteiger partial charge in [0.05, 0.1) is 5.75 Å². The van der Waals surface area contributed by atoms with Gasteiger partial charge < -0.3 is 4.52 Å². The van der Waals surface area contributed by atoms with Crippen molar-refractivity contribution in [1.82, 2.24) is 24.9 Å². The normalized spacial score (nSPS) is 10.9. The molecule has 6 nitrogen and oxygen atoms in total. The summed E-state index contributed by atoms with van der Waals surface area (Å²) in [6.07, 6.45) is 1.81. The Morgan fingerprint density at radius 3 is 2.57 bits per heavy atom. The van der Waals surface area contributed by atoms with E-state index >= 15 is 0 Å². The number of hydrogen-bond acceptors (Lipinski definition) is 6. The Bertz CT molecular complexity index is 1080. The topological polar surface area (TPSA) is 69.6 Å². The molecule has 4 aromatic rings. The van der Waals surface area contributed by atoms with E-state index in [2.05, 4.69) is 26.9 Å². The van der Waals surface area contributed by atoms with Gasteiger partial charge in [-0.2, -0.15) is 4.98 Å². The first-order valence-corrected chi connectivity index (χ1v) is 9.54. The molecular weight excluding hydrogens is 377 g/mol. The van der Waals surface area contributed by atoms with E-state index < -0.39 is 0 Å². The summed E-state index contributed by atoms with van der Waals surface area (Å²) in [5.74, 6) is 1.82. The van der Waals surface area contributed by atoms with Crippen LogP contribution in [0.5, 0.6) is 0 Å². The van der Waals surface area contributed by atoms with Crippen molar-refractivity contribution in [1.29, 1.82) is 0 Å². The zero-order valence-electron chi connectivity index (χ0n) is 14.8. The molecule has 4 rings (SSSR count). The van der Waals surface area contributed by atoms with Gasteiger partial charge in [0.25, 0.3) is 5.89 Å². The van der Waals surface area contributed by atoms with Crippen LogP contribution in [0.4, 0.5) is 4.39 Å². The van der Waals surface area contributed by atoms with Gasteiger partial charge in [-0.1, -0.05) is 53.3 Å². The van der Waals surface area contributed by atoms with Gasteiger partial charge in [-0.15, -0.1) is 16.8 Å². The molecule has 0 saturated heterocycles. The summed E-state index contributed by atoms with van der Waals surface area (Å²) in [6, 6.07) is 15.8. The van der Waals surface area contributed by atoms with Gasteiger partial charge in [-0.3, -0.25) is 4.57 Å². The summed E-state index contributed by atoms with van der Waals surface area (Å²) in [6.45, 7) is 4.41. The molecule has 0 saturated carbocycles. The highest BCUT2D eigenvalue weighted by Gasteiger charge is 2.15. The molecule has 0 spiro atoms. The molecule has 140 valence electrons. The maximum Gasteiger partial charge on any atom is 0.257 e. The van der Waals surface area contributed by atoms with Crippen LogP contribution in [0.25, 0.3) is 22.8 Å². The van der Waals surface area contributed by atoms with E-state index in [1.165, 1.54) is 23.9 Å². The lowest BCUT2D eigenvalue weighted by molar-refractivity contribution is 0.425. The summed E-state index contributed by atoms with van der Waals surface area (Å²) in [7, 11) is 0. The van der Waals surface area contributed by atoms with Crippen LogP contribution in [0.1, 0.15) is 5.82 Å². The molecule has 8 heteroatoms. The van der Waals surface area contributed by atoms with E-state index in [1.54, 1.807) is 18.2 Å². The van der Waals surface area contributed by atoms with E-state index in [1.807, 2.05) is 34.9 Å². The molecule has 0 aliphatic rings. The highest BCUT2D eigenvalue weighted by molar-refractivity contribution is 7.98. The lowest BCUT2D eigenvalue weighted by Gasteiger charge is -2.06. The summed E-state index contributed by atoms with van der Waals surface area (Å²) < 4.78 is 20.3. The first-order valence-electron chi connectivity index (χ1n) is 8.55. The largest absolute Gasteiger partial charge is 0.334 e. The van der Waals surface area contributed by atoms with Crippen LogP contribution in [0, 0.1) is 5.82 Å². The number of hydrogen-bond donors (Lipinski definition) is 0. The lowest BCUT2D eigenvalue weighted by atomic mass is 10.2. The average molecular weight is 393 g/mol. The fourth-order valence-corrected chi connectivity index (χ4v) is 3.43. The Labute approximate surface area is 165 Å². The molecule has 28 heavy (non-hydrogen) atoms. The minimum absolute atomic E-state index is 0.310. The molecule has 2 aromatic heterocycles. The third-order valence-corrected chi connectivity index (χ3v) is 4.91. The Morgan fingerprint density at radius 1 is 1.04 bits per heavy atom. The monoisotopic (exact) mass is 393 g/mol. The fourth-order valence-electron chi connectivity index (χ4n) is 2.64. The van der Waals surface area contributed by atoms with Crippen molar-refractivity contribution in [3.63, 3.8) is 0 Å². The molecule has 0 fully saturated rings. The van der Waals surface area contributed by atoms with Crippen LogP contribution < -0.4 is 0 Å². The zero-order chi connectivity index (χ0) is 19.3. The molecule has 0 aliphatic carbocycles. The third kappa shape index (κ3) is 3.86. The quantitative estimate of drug-likeness (QED) is 0.337. The minimum atomic E-state index is -0.310. The minimum Gasteiger partial charge on any atom is -0.334 e. The Morgan fingerprint density at radius 2 is 1.82 bits per heavy atom. The van der Waals surface area contributed by atoms with Crippen molar-refractivity contribution in [3.8, 4) is 22.8 Å². The number of nitrogens with zero attached hydrogens (tertiary/aromatic N) is 5. The molecule has 0 unspecified atom stereocenters. The van der Waals surface area contributed by atoms with Crippen molar-refractivity contribution in [3.05, 3.63) is 78.9 Å². The van der Waals surface area contributed by atoms with Crippen molar-refractivity contribution in [2.24, 2.45) is 0 Å². The number of allylic oxidation sites excluding steroid dienone is 1. The maximum atomic E-state index is 13.0. The molecule has 2 heterocycles. The van der Waals surface area contributed by atoms with Gasteiger partial charge in [0.1, 0.15) is 5.82 Å². The highest BCUT2D eigenvalue weighted by atomic mass is 32.2. The van der Waals surface area contributed by atoms with Gasteiger partial charge in [0.15, 0.2) is 16.8 Å². The number of halogens is 1. The van der Waals surface area contributed by atoms with E-state index in [0.29, 0.717) is 29.6 Å². The number of benzene rings is 2. The predicted octanol–water partition coefficient (Wildman–Crippen LogP) is 4.61. The van der Waals surface area contributed by atoms with E-state index in [9.17, 15) is 4.39 Å². The van der Waals surface area contributed by atoms with Crippen LogP contribution >= 0.6 is 11.8 Å². The van der Waals surface area contributed by atoms with E-state index in [4.69, 9.17) is 4.52 Å². The van der Waals surface area contributed by atoms with Gasteiger partial charge in [-0.05, 0) is 24.3 Å². The molecular formula is C20H16FN5OS. The second-order valence-electron chi connectivity index (χ2n) is 5.88. The Hall–Kier alpha value is -3.26. The third-order valence-electron chi connectivity index (χ3n) is 3.95. The van der Waals surface area contributed by atoms with Gasteiger partial charge in [-0.25, -0.2) is 4.39 Å². The summed E-state index contributed by atoms with van der Waals surface area (Å²) in [5, 5.41) is 13.4. The molecule has 0 amide bonds. The van der Waals surface area contributed by atoms with Crippen LogP contribution in [-0.2, 0) is 12.3 Å². The number of rotatable bonds is 7. The Balaban J connectivity index is 1.52. The maximum absolute atomic E-state index is 13.0. The SMILES string of the molecule is C=CCn1c(SCc2noc(-c3ccc(F)cc3)n2)nnc1-c1ccccc1. The molecule has 0 N–H and O–H groups in total. The van der Waals surface area contributed by atoms with Crippen LogP contribution in [0.3, 0.4) is 0 Å². The zero-order valence-corrected chi connectivity index (χ0v) is 15.6. The number of aromatic nitrogens is 5. The molecule has 0 bridgehead atoms. The van der Waals surface area contributed by atoms with Crippen LogP contribution in [-0.4, -0.2) is 24.9 Å². The summed E-state index contributed by atoms with van der Waals surface area (Å²) in [4.78, 5) is 4.37. The van der Waals surface area contributed by atoms with Gasteiger partial charge in [0.2, 0.25) is 0 Å². The summed E-state index contributed by atoms with van der Waals surface area (Å²) in [5.41, 5.74) is 1.66. The van der Waals surface area contributed by atoms with Gasteiger partial charge in [0, 0.05) is 17.7 Å². The molecule has 2 aromatic carbocycles. The van der Waals surface area contributed by atoms with Crippen molar-refractivity contribution in [2.75, 3.05) is 0 Å². The standard InChI is InChI=1S/C20H16FN5OS/c1-2-12-26-18(14-6-4-3-5-7-14)23-24-20(26)28-13-17-22-19(27-25-17)15-8-10-16(21)11-9-15/h2-11H,1,12-13H2. The van der Waals surface area contributed by atoms with E-state index in [-0.39, 0.29) is 5.82 Å². The van der Waals surface area contributed by atoms with E-state index in [0.717, 1.165) is 16.5 Å². The summed E-state index contributed by atoms with van der Waals surface area (Å²) >= 11 is 1.46. The van der Waals surface area contributed by atoms with Crippen molar-refractivity contribution < 1.29 is 8.91 Å². The first kappa shape index (κ1) is 18.1. The average Bonchev–Trinajstić information content (AvgIpc) is 3.35. The fraction of sp³-hybridized carbons (Fsp3) is 0.100. The second-order valence-corrected chi connectivity index (χ2v) is 6.83. The molecule has 0 aliphatic heterocycles.